The van der Waals surface area contributed by atoms with E-state index in [9.17, 15) is 8.42 Å². The molecule has 0 aromatic carbocycles. The average molecular weight is 222 g/mol. The first-order valence-electron chi connectivity index (χ1n) is 5.00. The summed E-state index contributed by atoms with van der Waals surface area (Å²) in [6.45, 7) is 7.67. The smallest absolute Gasteiger partial charge is 0.214 e. The van der Waals surface area contributed by atoms with Crippen LogP contribution < -0.4 is 10.5 Å². The van der Waals surface area contributed by atoms with E-state index in [1.165, 1.54) is 0 Å². The molecule has 3 N–H and O–H groups in total. The van der Waals surface area contributed by atoms with Crippen LogP contribution in [0.4, 0.5) is 0 Å². The molecule has 0 radical (unpaired) electrons. The summed E-state index contributed by atoms with van der Waals surface area (Å²) in [5.41, 5.74) is 5.05. The maximum atomic E-state index is 11.6. The maximum absolute atomic E-state index is 11.6. The maximum Gasteiger partial charge on any atom is 0.214 e. The fourth-order valence-electron chi connectivity index (χ4n) is 1.08. The van der Waals surface area contributed by atoms with Crippen molar-refractivity contribution in [1.82, 2.24) is 4.72 Å². The van der Waals surface area contributed by atoms with Gasteiger partial charge < -0.3 is 5.73 Å². The van der Waals surface area contributed by atoms with Gasteiger partial charge in [-0.1, -0.05) is 6.92 Å². The van der Waals surface area contributed by atoms with Gasteiger partial charge in [0.2, 0.25) is 10.0 Å². The van der Waals surface area contributed by atoms with Crippen LogP contribution in [0.15, 0.2) is 0 Å². The molecule has 1 unspecified atom stereocenters. The van der Waals surface area contributed by atoms with E-state index < -0.39 is 20.8 Å². The highest BCUT2D eigenvalue weighted by molar-refractivity contribution is 7.90. The van der Waals surface area contributed by atoms with Crippen LogP contribution in [0, 0.1) is 0 Å². The van der Waals surface area contributed by atoms with Crippen molar-refractivity contribution < 1.29 is 8.42 Å². The molecule has 0 amide bonds. The Labute approximate surface area is 87.3 Å². The van der Waals surface area contributed by atoms with E-state index in [1.54, 1.807) is 13.8 Å². The highest BCUT2D eigenvalue weighted by atomic mass is 32.2. The van der Waals surface area contributed by atoms with Crippen LogP contribution in [0.1, 0.15) is 40.5 Å². The summed E-state index contributed by atoms with van der Waals surface area (Å²) in [4.78, 5) is 0. The van der Waals surface area contributed by atoms with E-state index in [2.05, 4.69) is 4.72 Å². The van der Waals surface area contributed by atoms with Crippen molar-refractivity contribution in [3.63, 3.8) is 0 Å². The van der Waals surface area contributed by atoms with Crippen LogP contribution in [0.3, 0.4) is 0 Å². The molecule has 4 nitrogen and oxygen atoms in total. The molecule has 0 bridgehead atoms. The van der Waals surface area contributed by atoms with Crippen molar-refractivity contribution in [1.29, 1.82) is 0 Å². The van der Waals surface area contributed by atoms with Gasteiger partial charge in [0.05, 0.1) is 5.25 Å². The van der Waals surface area contributed by atoms with E-state index >= 15 is 0 Å². The third-order valence-corrected chi connectivity index (χ3v) is 4.50. The van der Waals surface area contributed by atoms with Gasteiger partial charge in [-0.2, -0.15) is 0 Å². The van der Waals surface area contributed by atoms with Crippen molar-refractivity contribution in [3.05, 3.63) is 0 Å². The second-order valence-corrected chi connectivity index (χ2v) is 6.39. The first-order valence-corrected chi connectivity index (χ1v) is 6.55. The van der Waals surface area contributed by atoms with Crippen LogP contribution >= 0.6 is 0 Å². The molecule has 0 fully saturated rings. The standard InChI is InChI=1S/C9H22N2O2S/c1-5-9(4,6-7-10)11-14(12,13)8(2)3/h8,11H,5-7,10H2,1-4H3. The van der Waals surface area contributed by atoms with Crippen molar-refractivity contribution in [3.8, 4) is 0 Å². The van der Waals surface area contributed by atoms with Crippen LogP contribution in [0.5, 0.6) is 0 Å². The topological polar surface area (TPSA) is 72.2 Å². The molecule has 0 aliphatic heterocycles. The monoisotopic (exact) mass is 222 g/mol. The minimum atomic E-state index is -3.20. The van der Waals surface area contributed by atoms with Gasteiger partial charge in [0.15, 0.2) is 0 Å². The first kappa shape index (κ1) is 13.9. The molecule has 0 spiro atoms. The molecule has 0 aliphatic rings. The lowest BCUT2D eigenvalue weighted by Gasteiger charge is -2.29. The highest BCUT2D eigenvalue weighted by Crippen LogP contribution is 2.16. The number of nitrogens with two attached hydrogens (primary N) is 1. The van der Waals surface area contributed by atoms with E-state index in [-0.39, 0.29) is 0 Å². The van der Waals surface area contributed by atoms with E-state index in [0.717, 1.165) is 6.42 Å². The number of nitrogens with one attached hydrogen (secondary N) is 1. The predicted molar refractivity (Wildman–Crippen MR) is 59.6 cm³/mol. The van der Waals surface area contributed by atoms with Crippen molar-refractivity contribution in [2.45, 2.75) is 51.3 Å². The summed E-state index contributed by atoms with van der Waals surface area (Å²) in [7, 11) is -3.20. The van der Waals surface area contributed by atoms with Gasteiger partial charge in [-0.15, -0.1) is 0 Å². The third-order valence-electron chi connectivity index (χ3n) is 2.49. The average Bonchev–Trinajstić information content (AvgIpc) is 2.03. The second kappa shape index (κ2) is 5.09. The molecule has 0 rings (SSSR count). The van der Waals surface area contributed by atoms with Gasteiger partial charge in [-0.05, 0) is 40.2 Å². The van der Waals surface area contributed by atoms with E-state index in [0.29, 0.717) is 13.0 Å². The predicted octanol–water partition coefficient (Wildman–Crippen LogP) is 0.832. The Bertz CT molecular complexity index is 262. The summed E-state index contributed by atoms with van der Waals surface area (Å²) in [5, 5.41) is -0.397. The lowest BCUT2D eigenvalue weighted by Crippen LogP contribution is -2.49. The molecule has 0 saturated heterocycles. The van der Waals surface area contributed by atoms with Crippen molar-refractivity contribution in [2.75, 3.05) is 6.54 Å². The molecule has 0 heterocycles. The van der Waals surface area contributed by atoms with E-state index in [4.69, 9.17) is 5.73 Å². The lowest BCUT2D eigenvalue weighted by molar-refractivity contribution is 0.377. The SMILES string of the molecule is CCC(C)(CCN)NS(=O)(=O)C(C)C. The van der Waals surface area contributed by atoms with Gasteiger partial charge >= 0.3 is 0 Å². The fraction of sp³-hybridized carbons (Fsp3) is 1.00. The van der Waals surface area contributed by atoms with Crippen LogP contribution in [0.2, 0.25) is 0 Å². The normalized spacial score (nSPS) is 17.0. The highest BCUT2D eigenvalue weighted by Gasteiger charge is 2.28. The molecular weight excluding hydrogens is 200 g/mol. The first-order chi connectivity index (χ1) is 6.27. The van der Waals surface area contributed by atoms with E-state index in [1.807, 2.05) is 13.8 Å². The fourth-order valence-corrected chi connectivity index (χ4v) is 2.25. The third kappa shape index (κ3) is 3.94. The Kier molecular flexibility index (Phi) is 5.05. The Hall–Kier alpha value is -0.130. The minimum Gasteiger partial charge on any atom is -0.330 e. The van der Waals surface area contributed by atoms with Gasteiger partial charge in [-0.3, -0.25) is 0 Å². The lowest BCUT2D eigenvalue weighted by atomic mass is 9.96. The Morgan fingerprint density at radius 1 is 1.43 bits per heavy atom. The quantitative estimate of drug-likeness (QED) is 0.699. The molecule has 0 aliphatic carbocycles. The van der Waals surface area contributed by atoms with Gasteiger partial charge in [-0.25, -0.2) is 13.1 Å². The molecule has 1 atom stereocenters. The van der Waals surface area contributed by atoms with Crippen LogP contribution in [-0.4, -0.2) is 25.8 Å². The summed E-state index contributed by atoms with van der Waals surface area (Å²) in [5.74, 6) is 0. The zero-order valence-electron chi connectivity index (χ0n) is 9.50. The second-order valence-electron chi connectivity index (χ2n) is 4.15. The Morgan fingerprint density at radius 3 is 2.21 bits per heavy atom. The minimum absolute atomic E-state index is 0.397. The summed E-state index contributed by atoms with van der Waals surface area (Å²) in [6.07, 6.45) is 1.41. The van der Waals surface area contributed by atoms with Gasteiger partial charge in [0.1, 0.15) is 0 Å². The zero-order valence-corrected chi connectivity index (χ0v) is 10.3. The summed E-state index contributed by atoms with van der Waals surface area (Å²) < 4.78 is 26.0. The number of hydrogen-bond donors (Lipinski definition) is 2. The molecule has 86 valence electrons. The number of rotatable bonds is 6. The number of hydrogen-bond acceptors (Lipinski definition) is 3. The zero-order chi connectivity index (χ0) is 11.4. The Balaban J connectivity index is 4.62. The van der Waals surface area contributed by atoms with Crippen molar-refractivity contribution >= 4 is 10.0 Å². The number of sulfonamides is 1. The Morgan fingerprint density at radius 2 is 1.93 bits per heavy atom. The molecule has 14 heavy (non-hydrogen) atoms. The molecular formula is C9H22N2O2S. The molecule has 0 aromatic heterocycles. The summed E-state index contributed by atoms with van der Waals surface area (Å²) >= 11 is 0. The largest absolute Gasteiger partial charge is 0.330 e. The summed E-state index contributed by atoms with van der Waals surface area (Å²) in [6, 6.07) is 0. The van der Waals surface area contributed by atoms with Crippen molar-refractivity contribution in [2.24, 2.45) is 5.73 Å². The van der Waals surface area contributed by atoms with Crippen LogP contribution in [0.25, 0.3) is 0 Å². The molecule has 0 saturated carbocycles. The molecule has 5 heteroatoms. The van der Waals surface area contributed by atoms with Gasteiger partial charge in [0, 0.05) is 5.54 Å². The molecule has 0 aromatic rings. The van der Waals surface area contributed by atoms with Gasteiger partial charge in [0.25, 0.3) is 0 Å². The van der Waals surface area contributed by atoms with Crippen LogP contribution in [-0.2, 0) is 10.0 Å².